The van der Waals surface area contributed by atoms with Crippen LogP contribution in [-0.2, 0) is 27.1 Å². The molecular formula is C61H68N4O. The Bertz CT molecular complexity index is 3110. The number of rotatable bonds is 7. The summed E-state index contributed by atoms with van der Waals surface area (Å²) in [5.41, 5.74) is 14.1. The van der Waals surface area contributed by atoms with Crippen molar-refractivity contribution in [2.45, 2.75) is 124 Å². The zero-order chi connectivity index (χ0) is 47.1. The molecule has 0 spiro atoms. The Labute approximate surface area is 394 Å². The molecule has 0 N–H and O–H groups in total. The van der Waals surface area contributed by atoms with Gasteiger partial charge in [0.15, 0.2) is 0 Å². The van der Waals surface area contributed by atoms with E-state index in [1.165, 1.54) is 61.2 Å². The Hall–Kier alpha value is -6.33. The molecule has 0 bridgehead atoms. The molecule has 8 aromatic rings. The molecular weight excluding hydrogens is 805 g/mol. The lowest BCUT2D eigenvalue weighted by Crippen LogP contribution is -2.25. The smallest absolute Gasteiger partial charge is 0.137 e. The molecule has 0 aliphatic carbocycles. The number of ether oxygens (including phenoxy) is 1. The minimum atomic E-state index is -0.206. The van der Waals surface area contributed by atoms with Crippen molar-refractivity contribution >= 4 is 44.6 Å². The van der Waals surface area contributed by atoms with Crippen LogP contribution in [0.1, 0.15) is 130 Å². The molecule has 6 aromatic carbocycles. The number of hydrogen-bond donors (Lipinski definition) is 0. The van der Waals surface area contributed by atoms with Gasteiger partial charge in [-0.15, -0.1) is 0 Å². The zero-order valence-electron chi connectivity index (χ0n) is 41.8. The van der Waals surface area contributed by atoms with Crippen LogP contribution in [0.3, 0.4) is 0 Å². The van der Waals surface area contributed by atoms with Gasteiger partial charge in [-0.05, 0) is 128 Å². The molecule has 0 amide bonds. The van der Waals surface area contributed by atoms with Crippen molar-refractivity contribution in [1.82, 2.24) is 9.55 Å². The summed E-state index contributed by atoms with van der Waals surface area (Å²) in [5, 5.41) is 2.39. The maximum Gasteiger partial charge on any atom is 0.137 e. The number of anilines is 4. The molecule has 0 unspecified atom stereocenters. The van der Waals surface area contributed by atoms with Gasteiger partial charge in [-0.3, -0.25) is 4.57 Å². The predicted octanol–water partition coefficient (Wildman–Crippen LogP) is 16.7. The highest BCUT2D eigenvalue weighted by Crippen LogP contribution is 2.49. The van der Waals surface area contributed by atoms with Gasteiger partial charge in [0.1, 0.15) is 24.0 Å². The van der Waals surface area contributed by atoms with Crippen LogP contribution in [-0.4, -0.2) is 16.2 Å². The number of nitrogens with zero attached hydrogens (tertiary/aromatic N) is 4. The highest BCUT2D eigenvalue weighted by Gasteiger charge is 2.33. The Morgan fingerprint density at radius 1 is 0.409 bits per heavy atom. The first-order chi connectivity index (χ1) is 31.0. The second-order valence-electron chi connectivity index (χ2n) is 23.2. The van der Waals surface area contributed by atoms with Gasteiger partial charge in [-0.1, -0.05) is 152 Å². The summed E-state index contributed by atoms with van der Waals surface area (Å²) in [7, 11) is 0. The van der Waals surface area contributed by atoms with Crippen LogP contribution in [0.5, 0.6) is 11.5 Å². The lowest BCUT2D eigenvalue weighted by molar-refractivity contribution is 0.479. The summed E-state index contributed by atoms with van der Waals surface area (Å²) in [4.78, 5) is 9.94. The van der Waals surface area contributed by atoms with E-state index in [1.807, 2.05) is 6.20 Å². The zero-order valence-corrected chi connectivity index (χ0v) is 41.8. The Kier molecular flexibility index (Phi) is 10.8. The van der Waals surface area contributed by atoms with Crippen LogP contribution in [0, 0.1) is 0 Å². The second-order valence-corrected chi connectivity index (χ2v) is 23.2. The van der Waals surface area contributed by atoms with Crippen molar-refractivity contribution < 1.29 is 4.74 Å². The summed E-state index contributed by atoms with van der Waals surface area (Å²) in [6, 6.07) is 51.7. The predicted molar refractivity (Wildman–Crippen MR) is 280 cm³/mol. The van der Waals surface area contributed by atoms with Crippen molar-refractivity contribution in [1.29, 1.82) is 0 Å². The van der Waals surface area contributed by atoms with E-state index in [1.54, 1.807) is 0 Å². The van der Waals surface area contributed by atoms with Crippen molar-refractivity contribution in [3.8, 4) is 17.3 Å². The summed E-state index contributed by atoms with van der Waals surface area (Å²) in [6.07, 6.45) is 1.95. The van der Waals surface area contributed by atoms with Crippen LogP contribution in [0.2, 0.25) is 0 Å². The van der Waals surface area contributed by atoms with E-state index in [-0.39, 0.29) is 27.1 Å². The molecule has 66 heavy (non-hydrogen) atoms. The average molecular weight is 873 g/mol. The van der Waals surface area contributed by atoms with Crippen molar-refractivity contribution in [3.63, 3.8) is 0 Å². The molecule has 1 aliphatic rings. The molecule has 0 saturated heterocycles. The van der Waals surface area contributed by atoms with E-state index in [9.17, 15) is 0 Å². The minimum Gasteiger partial charge on any atom is -0.457 e. The molecule has 2 aromatic heterocycles. The summed E-state index contributed by atoms with van der Waals surface area (Å²) < 4.78 is 9.39. The number of pyridine rings is 1. The fraction of sp³-hybridized carbons (Fsp3) is 0.328. The van der Waals surface area contributed by atoms with Crippen LogP contribution < -0.4 is 14.5 Å². The van der Waals surface area contributed by atoms with Gasteiger partial charge in [0, 0.05) is 45.9 Å². The lowest BCUT2D eigenvalue weighted by atomic mass is 9.78. The maximum absolute atomic E-state index is 7.08. The third kappa shape index (κ3) is 8.38. The molecule has 5 nitrogen and oxygen atoms in total. The molecule has 9 rings (SSSR count). The van der Waals surface area contributed by atoms with Gasteiger partial charge in [0.25, 0.3) is 0 Å². The summed E-state index contributed by atoms with van der Waals surface area (Å²) in [6.45, 7) is 32.6. The van der Waals surface area contributed by atoms with E-state index in [2.05, 4.69) is 251 Å². The van der Waals surface area contributed by atoms with Crippen LogP contribution in [0.4, 0.5) is 22.7 Å². The Balaban J connectivity index is 1.18. The average Bonchev–Trinajstić information content (AvgIpc) is 3.81. The number of hydrogen-bond acceptors (Lipinski definition) is 4. The van der Waals surface area contributed by atoms with E-state index >= 15 is 0 Å². The fourth-order valence-corrected chi connectivity index (χ4v) is 9.41. The van der Waals surface area contributed by atoms with Gasteiger partial charge >= 0.3 is 0 Å². The van der Waals surface area contributed by atoms with Gasteiger partial charge < -0.3 is 14.5 Å². The van der Waals surface area contributed by atoms with Gasteiger partial charge in [0.05, 0.1) is 22.4 Å². The molecule has 338 valence electrons. The van der Waals surface area contributed by atoms with E-state index < -0.39 is 0 Å². The summed E-state index contributed by atoms with van der Waals surface area (Å²) >= 11 is 0. The monoisotopic (exact) mass is 873 g/mol. The Morgan fingerprint density at radius 2 is 1.03 bits per heavy atom. The molecule has 5 heteroatoms. The molecule has 0 radical (unpaired) electrons. The molecule has 0 fully saturated rings. The van der Waals surface area contributed by atoms with E-state index in [0.717, 1.165) is 34.0 Å². The third-order valence-electron chi connectivity index (χ3n) is 13.8. The molecule has 0 atom stereocenters. The van der Waals surface area contributed by atoms with E-state index in [0.29, 0.717) is 6.67 Å². The first-order valence-corrected chi connectivity index (χ1v) is 23.7. The SMILES string of the molecule is CC(C)(C)c1cccc(N2CN(c3cc(Oc4ccc5c6cc(C(C)(C)C)ccc6n(-c6cc(C(C)(C)C)ccn6)c5c4)cc(C(C)(C)C)c3)c3cc(C(C)(C)c4ccccc4)ccc32)c1. The first kappa shape index (κ1) is 44.9. The molecule has 3 heterocycles. The fourth-order valence-electron chi connectivity index (χ4n) is 9.41. The number of fused-ring (bicyclic) bond motifs is 4. The number of benzene rings is 6. The first-order valence-electron chi connectivity index (χ1n) is 23.7. The van der Waals surface area contributed by atoms with Crippen molar-refractivity contribution in [2.24, 2.45) is 0 Å². The molecule has 1 aliphatic heterocycles. The van der Waals surface area contributed by atoms with Gasteiger partial charge in [0.2, 0.25) is 0 Å². The molecule has 0 saturated carbocycles. The largest absolute Gasteiger partial charge is 0.457 e. The normalized spacial score (nSPS) is 13.8. The van der Waals surface area contributed by atoms with Crippen molar-refractivity contribution in [3.05, 3.63) is 179 Å². The van der Waals surface area contributed by atoms with Crippen LogP contribution >= 0.6 is 0 Å². The standard InChI is InChI=1S/C61H68N4O/c1-57(2,3)41-21-18-22-46(31-41)63-39-64(55-35-44(24-28-53(55)63)61(13,14)40-19-16-15-17-20-40)47-32-45(60(10,11)12)33-49(37-47)66-48-25-26-50-51-34-42(58(4,5)6)23-27-52(51)65(54(50)38-48)56-36-43(29-30-62-56)59(7,8)9/h15-38H,39H2,1-14H3. The quantitative estimate of drug-likeness (QED) is 0.160. The third-order valence-corrected chi connectivity index (χ3v) is 13.8. The minimum absolute atomic E-state index is 0.00879. The highest BCUT2D eigenvalue weighted by molar-refractivity contribution is 6.10. The van der Waals surface area contributed by atoms with Crippen molar-refractivity contribution in [2.75, 3.05) is 16.5 Å². The summed E-state index contributed by atoms with van der Waals surface area (Å²) in [5.74, 6) is 2.49. The number of aromatic nitrogens is 2. The maximum atomic E-state index is 7.08. The van der Waals surface area contributed by atoms with Crippen LogP contribution in [0.25, 0.3) is 27.6 Å². The second kappa shape index (κ2) is 15.9. The lowest BCUT2D eigenvalue weighted by Gasteiger charge is -2.28. The van der Waals surface area contributed by atoms with Gasteiger partial charge in [-0.2, -0.15) is 0 Å². The topological polar surface area (TPSA) is 33.5 Å². The van der Waals surface area contributed by atoms with Gasteiger partial charge in [-0.25, -0.2) is 4.98 Å². The highest BCUT2D eigenvalue weighted by atomic mass is 16.5. The Morgan fingerprint density at radius 3 is 1.73 bits per heavy atom. The van der Waals surface area contributed by atoms with E-state index in [4.69, 9.17) is 9.72 Å². The van der Waals surface area contributed by atoms with Crippen LogP contribution in [0.15, 0.2) is 146 Å².